The first-order chi connectivity index (χ1) is 9.72. The maximum absolute atomic E-state index is 11.1. The Labute approximate surface area is 116 Å². The van der Waals surface area contributed by atoms with Crippen LogP contribution in [-0.4, -0.2) is 22.6 Å². The normalized spacial score (nSPS) is 9.75. The predicted octanol–water partition coefficient (Wildman–Crippen LogP) is 2.31. The topological polar surface area (TPSA) is 86.0 Å². The third-order valence-corrected chi connectivity index (χ3v) is 2.90. The third kappa shape index (κ3) is 3.12. The number of aromatic carboxylic acids is 1. The number of pyridine rings is 1. The van der Waals surface area contributed by atoms with Crippen LogP contribution < -0.4 is 5.32 Å². The number of rotatable bonds is 5. The van der Waals surface area contributed by atoms with Gasteiger partial charge in [-0.1, -0.05) is 18.2 Å². The summed E-state index contributed by atoms with van der Waals surface area (Å²) < 4.78 is 0. The van der Waals surface area contributed by atoms with Crippen LogP contribution in [-0.2, 0) is 6.42 Å². The van der Waals surface area contributed by atoms with Crippen molar-refractivity contribution in [3.05, 3.63) is 59.4 Å². The van der Waals surface area contributed by atoms with Crippen molar-refractivity contribution in [3.63, 3.8) is 0 Å². The van der Waals surface area contributed by atoms with Crippen LogP contribution in [0.5, 0.6) is 0 Å². The number of anilines is 1. The molecule has 1 heterocycles. The van der Waals surface area contributed by atoms with Crippen LogP contribution in [0.25, 0.3) is 0 Å². The van der Waals surface area contributed by atoms with Crippen LogP contribution in [0, 0.1) is 11.3 Å². The first-order valence-electron chi connectivity index (χ1n) is 6.11. The number of benzene rings is 1. The molecule has 0 radical (unpaired) electrons. The molecule has 0 fully saturated rings. The van der Waals surface area contributed by atoms with Crippen LogP contribution in [0.3, 0.4) is 0 Å². The second kappa shape index (κ2) is 6.34. The van der Waals surface area contributed by atoms with Crippen LogP contribution >= 0.6 is 0 Å². The maximum Gasteiger partial charge on any atom is 0.335 e. The number of aromatic nitrogens is 1. The number of carbonyl (C=O) groups is 1. The van der Waals surface area contributed by atoms with E-state index in [-0.39, 0.29) is 0 Å². The number of carboxylic acid groups (broad SMARTS) is 1. The fraction of sp³-hybridized carbons (Fsp3) is 0.133. The summed E-state index contributed by atoms with van der Waals surface area (Å²) in [6.45, 7) is 0.532. The number of carboxylic acids is 1. The summed E-state index contributed by atoms with van der Waals surface area (Å²) >= 11 is 0. The lowest BCUT2D eigenvalue weighted by Gasteiger charge is -2.09. The quantitative estimate of drug-likeness (QED) is 0.868. The summed E-state index contributed by atoms with van der Waals surface area (Å²) in [6.07, 6.45) is 3.70. The molecule has 2 rings (SSSR count). The first-order valence-corrected chi connectivity index (χ1v) is 6.11. The predicted molar refractivity (Wildman–Crippen MR) is 74.5 cm³/mol. The van der Waals surface area contributed by atoms with Gasteiger partial charge in [0.25, 0.3) is 0 Å². The average Bonchev–Trinajstić information content (AvgIpc) is 2.48. The van der Waals surface area contributed by atoms with Crippen LogP contribution in [0.2, 0.25) is 0 Å². The molecular weight excluding hydrogens is 254 g/mol. The molecule has 5 heteroatoms. The van der Waals surface area contributed by atoms with Crippen LogP contribution in [0.15, 0.2) is 42.7 Å². The van der Waals surface area contributed by atoms with E-state index in [1.54, 1.807) is 36.7 Å². The Kier molecular flexibility index (Phi) is 4.30. The Balaban J connectivity index is 2.04. The molecule has 0 aliphatic heterocycles. The summed E-state index contributed by atoms with van der Waals surface area (Å²) in [5, 5.41) is 21.1. The Hall–Kier alpha value is -2.87. The molecule has 0 aliphatic carbocycles. The van der Waals surface area contributed by atoms with Gasteiger partial charge in [0.05, 0.1) is 23.0 Å². The van der Waals surface area contributed by atoms with Crippen molar-refractivity contribution >= 4 is 11.7 Å². The van der Waals surface area contributed by atoms with Gasteiger partial charge in [-0.3, -0.25) is 4.98 Å². The Morgan fingerprint density at radius 3 is 2.90 bits per heavy atom. The van der Waals surface area contributed by atoms with Gasteiger partial charge in [-0.15, -0.1) is 0 Å². The van der Waals surface area contributed by atoms with Crippen molar-refractivity contribution in [2.75, 3.05) is 11.9 Å². The molecule has 2 aromatic rings. The lowest BCUT2D eigenvalue weighted by atomic mass is 10.0. The minimum absolute atomic E-state index is 0.306. The number of nitrogens with one attached hydrogen (secondary N) is 1. The van der Waals surface area contributed by atoms with Gasteiger partial charge in [-0.05, 0) is 24.1 Å². The summed E-state index contributed by atoms with van der Waals surface area (Å²) in [5.74, 6) is -0.931. The van der Waals surface area contributed by atoms with E-state index in [9.17, 15) is 4.79 Å². The standard InChI is InChI=1S/C15H13N3O2/c16-9-12-5-7-17-10-14(12)18-8-6-11-3-1-2-4-13(11)15(19)20/h1-5,7,10,18H,6,8H2,(H,19,20). The van der Waals surface area contributed by atoms with Crippen molar-refractivity contribution < 1.29 is 9.90 Å². The second-order valence-electron chi connectivity index (χ2n) is 4.17. The third-order valence-electron chi connectivity index (χ3n) is 2.90. The molecule has 0 saturated heterocycles. The number of hydrogen-bond acceptors (Lipinski definition) is 4. The Morgan fingerprint density at radius 1 is 1.35 bits per heavy atom. The largest absolute Gasteiger partial charge is 0.478 e. The summed E-state index contributed by atoms with van der Waals surface area (Å²) in [6, 6.07) is 10.6. The van der Waals surface area contributed by atoms with E-state index in [2.05, 4.69) is 16.4 Å². The lowest BCUT2D eigenvalue weighted by molar-refractivity contribution is 0.0695. The molecule has 0 aliphatic rings. The Morgan fingerprint density at radius 2 is 2.15 bits per heavy atom. The van der Waals surface area contributed by atoms with Crippen LogP contribution in [0.4, 0.5) is 5.69 Å². The highest BCUT2D eigenvalue weighted by molar-refractivity contribution is 5.89. The van der Waals surface area contributed by atoms with Gasteiger partial charge in [0, 0.05) is 12.7 Å². The van der Waals surface area contributed by atoms with E-state index in [0.717, 1.165) is 5.56 Å². The van der Waals surface area contributed by atoms with Gasteiger partial charge in [0.2, 0.25) is 0 Å². The van der Waals surface area contributed by atoms with E-state index < -0.39 is 5.97 Å². The molecule has 0 spiro atoms. The van der Waals surface area contributed by atoms with Crippen molar-refractivity contribution in [2.24, 2.45) is 0 Å². The zero-order chi connectivity index (χ0) is 14.4. The highest BCUT2D eigenvalue weighted by Gasteiger charge is 2.08. The highest BCUT2D eigenvalue weighted by Crippen LogP contribution is 2.13. The monoisotopic (exact) mass is 267 g/mol. The van der Waals surface area contributed by atoms with Gasteiger partial charge < -0.3 is 10.4 Å². The van der Waals surface area contributed by atoms with Crippen molar-refractivity contribution in [1.82, 2.24) is 4.98 Å². The minimum Gasteiger partial charge on any atom is -0.478 e. The first kappa shape index (κ1) is 13.6. The van der Waals surface area contributed by atoms with Crippen molar-refractivity contribution in [1.29, 1.82) is 5.26 Å². The molecule has 0 saturated carbocycles. The van der Waals surface area contributed by atoms with Gasteiger partial charge >= 0.3 is 5.97 Å². The number of nitrogens with zero attached hydrogens (tertiary/aromatic N) is 2. The fourth-order valence-electron chi connectivity index (χ4n) is 1.91. The number of hydrogen-bond donors (Lipinski definition) is 2. The fourth-order valence-corrected chi connectivity index (χ4v) is 1.91. The number of nitriles is 1. The van der Waals surface area contributed by atoms with E-state index >= 15 is 0 Å². The molecule has 0 amide bonds. The van der Waals surface area contributed by atoms with Crippen LogP contribution in [0.1, 0.15) is 21.5 Å². The van der Waals surface area contributed by atoms with Gasteiger partial charge in [-0.2, -0.15) is 5.26 Å². The zero-order valence-electron chi connectivity index (χ0n) is 10.7. The van der Waals surface area contributed by atoms with Crippen molar-refractivity contribution in [2.45, 2.75) is 6.42 Å². The van der Waals surface area contributed by atoms with E-state index in [0.29, 0.717) is 29.8 Å². The van der Waals surface area contributed by atoms with E-state index in [1.165, 1.54) is 0 Å². The molecule has 0 bridgehead atoms. The smallest absolute Gasteiger partial charge is 0.335 e. The van der Waals surface area contributed by atoms with Crippen molar-refractivity contribution in [3.8, 4) is 6.07 Å². The maximum atomic E-state index is 11.1. The van der Waals surface area contributed by atoms with Gasteiger partial charge in [-0.25, -0.2) is 4.79 Å². The summed E-state index contributed by atoms with van der Waals surface area (Å²) in [4.78, 5) is 15.0. The average molecular weight is 267 g/mol. The molecule has 100 valence electrons. The zero-order valence-corrected chi connectivity index (χ0v) is 10.7. The summed E-state index contributed by atoms with van der Waals surface area (Å²) in [7, 11) is 0. The SMILES string of the molecule is N#Cc1ccncc1NCCc1ccccc1C(=O)O. The van der Waals surface area contributed by atoms with E-state index in [4.69, 9.17) is 10.4 Å². The molecule has 0 unspecified atom stereocenters. The second-order valence-corrected chi connectivity index (χ2v) is 4.17. The highest BCUT2D eigenvalue weighted by atomic mass is 16.4. The molecule has 2 N–H and O–H groups in total. The molecular formula is C15H13N3O2. The Bertz CT molecular complexity index is 662. The molecule has 1 aromatic heterocycles. The summed E-state index contributed by atoms with van der Waals surface area (Å²) in [5.41, 5.74) is 2.24. The molecule has 20 heavy (non-hydrogen) atoms. The minimum atomic E-state index is -0.931. The molecule has 5 nitrogen and oxygen atoms in total. The van der Waals surface area contributed by atoms with Gasteiger partial charge in [0.1, 0.15) is 6.07 Å². The molecule has 0 atom stereocenters. The van der Waals surface area contributed by atoms with Gasteiger partial charge in [0.15, 0.2) is 0 Å². The van der Waals surface area contributed by atoms with E-state index in [1.807, 2.05) is 6.07 Å². The lowest BCUT2D eigenvalue weighted by Crippen LogP contribution is -2.10. The molecule has 1 aromatic carbocycles.